The van der Waals surface area contributed by atoms with E-state index in [0.29, 0.717) is 6.54 Å². The highest BCUT2D eigenvalue weighted by molar-refractivity contribution is 5.97. The van der Waals surface area contributed by atoms with Gasteiger partial charge in [0.2, 0.25) is 5.91 Å². The molecule has 0 unspecified atom stereocenters. The van der Waals surface area contributed by atoms with Crippen LogP contribution in [0.4, 0.5) is 5.69 Å². The monoisotopic (exact) mass is 219 g/mol. The third kappa shape index (κ3) is 1.93. The molecule has 0 radical (unpaired) electrons. The SMILES string of the molecule is Cc1ccc(NC(=O)C2(CN)CC2)c(C)n1. The minimum absolute atomic E-state index is 0.0313. The van der Waals surface area contributed by atoms with Gasteiger partial charge in [0.25, 0.3) is 0 Å². The standard InChI is InChI=1S/C12H17N3O/c1-8-3-4-10(9(2)14-8)15-11(16)12(7-13)5-6-12/h3-4H,5-7,13H2,1-2H3,(H,15,16). The summed E-state index contributed by atoms with van der Waals surface area (Å²) < 4.78 is 0. The van der Waals surface area contributed by atoms with Crippen LogP contribution in [-0.4, -0.2) is 17.4 Å². The summed E-state index contributed by atoms with van der Waals surface area (Å²) in [6, 6.07) is 3.78. The predicted molar refractivity (Wildman–Crippen MR) is 63.1 cm³/mol. The number of nitrogens with zero attached hydrogens (tertiary/aromatic N) is 1. The summed E-state index contributed by atoms with van der Waals surface area (Å²) >= 11 is 0. The van der Waals surface area contributed by atoms with E-state index in [1.54, 1.807) is 0 Å². The molecule has 4 nitrogen and oxygen atoms in total. The Kier molecular flexibility index (Phi) is 2.68. The largest absolute Gasteiger partial charge is 0.329 e. The normalized spacial score (nSPS) is 16.9. The van der Waals surface area contributed by atoms with Crippen LogP contribution >= 0.6 is 0 Å². The van der Waals surface area contributed by atoms with Crippen molar-refractivity contribution in [2.45, 2.75) is 26.7 Å². The second-order valence-electron chi connectivity index (χ2n) is 4.52. The van der Waals surface area contributed by atoms with Crippen LogP contribution in [0.15, 0.2) is 12.1 Å². The second-order valence-corrected chi connectivity index (χ2v) is 4.52. The number of carbonyl (C=O) groups is 1. The van der Waals surface area contributed by atoms with Gasteiger partial charge in [-0.05, 0) is 38.8 Å². The first-order valence-corrected chi connectivity index (χ1v) is 5.53. The number of hydrogen-bond donors (Lipinski definition) is 2. The fourth-order valence-electron chi connectivity index (χ4n) is 1.75. The van der Waals surface area contributed by atoms with Gasteiger partial charge in [-0.1, -0.05) is 0 Å². The molecular weight excluding hydrogens is 202 g/mol. The molecule has 0 spiro atoms. The van der Waals surface area contributed by atoms with Crippen molar-refractivity contribution in [3.8, 4) is 0 Å². The van der Waals surface area contributed by atoms with E-state index in [-0.39, 0.29) is 11.3 Å². The number of rotatable bonds is 3. The number of anilines is 1. The molecule has 1 saturated carbocycles. The minimum atomic E-state index is -0.308. The quantitative estimate of drug-likeness (QED) is 0.807. The highest BCUT2D eigenvalue weighted by Gasteiger charge is 2.48. The zero-order chi connectivity index (χ0) is 11.8. The van der Waals surface area contributed by atoms with Gasteiger partial charge in [-0.2, -0.15) is 0 Å². The van der Waals surface area contributed by atoms with Crippen molar-refractivity contribution in [3.63, 3.8) is 0 Å². The van der Waals surface area contributed by atoms with E-state index in [9.17, 15) is 4.79 Å². The maximum atomic E-state index is 11.9. The predicted octanol–water partition coefficient (Wildman–Crippen LogP) is 1.38. The average Bonchev–Trinajstić information content (AvgIpc) is 3.03. The number of aryl methyl sites for hydroxylation is 2. The van der Waals surface area contributed by atoms with Crippen LogP contribution in [-0.2, 0) is 4.79 Å². The molecule has 1 aromatic heterocycles. The van der Waals surface area contributed by atoms with Gasteiger partial charge >= 0.3 is 0 Å². The Morgan fingerprint density at radius 3 is 2.69 bits per heavy atom. The summed E-state index contributed by atoms with van der Waals surface area (Å²) in [6.07, 6.45) is 1.79. The summed E-state index contributed by atoms with van der Waals surface area (Å²) in [5.74, 6) is 0.0313. The summed E-state index contributed by atoms with van der Waals surface area (Å²) in [7, 11) is 0. The fourth-order valence-corrected chi connectivity index (χ4v) is 1.75. The van der Waals surface area contributed by atoms with E-state index < -0.39 is 0 Å². The van der Waals surface area contributed by atoms with Crippen molar-refractivity contribution in [1.29, 1.82) is 0 Å². The van der Waals surface area contributed by atoms with Crippen molar-refractivity contribution < 1.29 is 4.79 Å². The smallest absolute Gasteiger partial charge is 0.231 e. The molecule has 0 atom stereocenters. The van der Waals surface area contributed by atoms with Gasteiger partial charge in [-0.3, -0.25) is 9.78 Å². The number of carbonyl (C=O) groups excluding carboxylic acids is 1. The topological polar surface area (TPSA) is 68.0 Å². The summed E-state index contributed by atoms with van der Waals surface area (Å²) in [4.78, 5) is 16.3. The van der Waals surface area contributed by atoms with Crippen LogP contribution in [0.3, 0.4) is 0 Å². The maximum Gasteiger partial charge on any atom is 0.231 e. The molecule has 2 rings (SSSR count). The fraction of sp³-hybridized carbons (Fsp3) is 0.500. The number of nitrogens with two attached hydrogens (primary N) is 1. The van der Waals surface area contributed by atoms with Crippen LogP contribution in [0.2, 0.25) is 0 Å². The molecule has 3 N–H and O–H groups in total. The van der Waals surface area contributed by atoms with Crippen molar-refractivity contribution in [2.75, 3.05) is 11.9 Å². The molecule has 1 aliphatic carbocycles. The Hall–Kier alpha value is -1.42. The van der Waals surface area contributed by atoms with E-state index in [1.807, 2.05) is 26.0 Å². The molecule has 0 saturated heterocycles. The molecule has 4 heteroatoms. The first kappa shape index (κ1) is 11.1. The van der Waals surface area contributed by atoms with E-state index >= 15 is 0 Å². The molecule has 86 valence electrons. The summed E-state index contributed by atoms with van der Waals surface area (Å²) in [5, 5.41) is 2.91. The van der Waals surface area contributed by atoms with Crippen molar-refractivity contribution in [1.82, 2.24) is 4.98 Å². The van der Waals surface area contributed by atoms with Crippen LogP contribution in [0, 0.1) is 19.3 Å². The van der Waals surface area contributed by atoms with E-state index in [1.165, 1.54) is 0 Å². The van der Waals surface area contributed by atoms with Crippen molar-refractivity contribution >= 4 is 11.6 Å². The van der Waals surface area contributed by atoms with E-state index in [0.717, 1.165) is 29.9 Å². The highest BCUT2D eigenvalue weighted by atomic mass is 16.2. The number of aromatic nitrogens is 1. The summed E-state index contributed by atoms with van der Waals surface area (Å²) in [5.41, 5.74) is 7.89. The molecule has 1 aliphatic rings. The number of pyridine rings is 1. The maximum absolute atomic E-state index is 11.9. The lowest BCUT2D eigenvalue weighted by Crippen LogP contribution is -2.31. The first-order valence-electron chi connectivity index (χ1n) is 5.53. The Bertz CT molecular complexity index is 424. The Labute approximate surface area is 95.3 Å². The third-order valence-corrected chi connectivity index (χ3v) is 3.20. The van der Waals surface area contributed by atoms with Gasteiger partial charge < -0.3 is 11.1 Å². The van der Waals surface area contributed by atoms with Crippen LogP contribution < -0.4 is 11.1 Å². The lowest BCUT2D eigenvalue weighted by atomic mass is 10.1. The van der Waals surface area contributed by atoms with Crippen LogP contribution in [0.25, 0.3) is 0 Å². The molecule has 0 bridgehead atoms. The highest BCUT2D eigenvalue weighted by Crippen LogP contribution is 2.45. The van der Waals surface area contributed by atoms with E-state index in [4.69, 9.17) is 5.73 Å². The van der Waals surface area contributed by atoms with Crippen LogP contribution in [0.1, 0.15) is 24.2 Å². The molecule has 0 aromatic carbocycles. The first-order chi connectivity index (χ1) is 7.57. The van der Waals surface area contributed by atoms with Crippen molar-refractivity contribution in [2.24, 2.45) is 11.1 Å². The van der Waals surface area contributed by atoms with Crippen molar-refractivity contribution in [3.05, 3.63) is 23.5 Å². The van der Waals surface area contributed by atoms with Gasteiger partial charge in [0.1, 0.15) is 0 Å². The molecule has 1 heterocycles. The molecule has 1 amide bonds. The van der Waals surface area contributed by atoms with Gasteiger partial charge in [0.05, 0.1) is 16.8 Å². The van der Waals surface area contributed by atoms with Gasteiger partial charge in [0, 0.05) is 12.2 Å². The number of amides is 1. The molecule has 0 aliphatic heterocycles. The summed E-state index contributed by atoms with van der Waals surface area (Å²) in [6.45, 7) is 4.25. The Morgan fingerprint density at radius 1 is 1.50 bits per heavy atom. The molecular formula is C12H17N3O. The molecule has 1 fully saturated rings. The lowest BCUT2D eigenvalue weighted by Gasteiger charge is -2.14. The van der Waals surface area contributed by atoms with Crippen LogP contribution in [0.5, 0.6) is 0 Å². The minimum Gasteiger partial charge on any atom is -0.329 e. The second kappa shape index (κ2) is 3.87. The van der Waals surface area contributed by atoms with Gasteiger partial charge in [-0.25, -0.2) is 0 Å². The lowest BCUT2D eigenvalue weighted by molar-refractivity contribution is -0.120. The third-order valence-electron chi connectivity index (χ3n) is 3.20. The number of hydrogen-bond acceptors (Lipinski definition) is 3. The zero-order valence-corrected chi connectivity index (χ0v) is 9.71. The van der Waals surface area contributed by atoms with E-state index in [2.05, 4.69) is 10.3 Å². The zero-order valence-electron chi connectivity index (χ0n) is 9.71. The Balaban J connectivity index is 2.12. The van der Waals surface area contributed by atoms with Gasteiger partial charge in [0.15, 0.2) is 0 Å². The average molecular weight is 219 g/mol. The Morgan fingerprint density at radius 2 is 2.19 bits per heavy atom. The molecule has 1 aromatic rings. The number of nitrogens with one attached hydrogen (secondary N) is 1. The molecule has 16 heavy (non-hydrogen) atoms. The van der Waals surface area contributed by atoms with Gasteiger partial charge in [-0.15, -0.1) is 0 Å².